The molecule has 1 aromatic carbocycles. The van der Waals surface area contributed by atoms with Gasteiger partial charge in [0.2, 0.25) is 0 Å². The van der Waals surface area contributed by atoms with Crippen molar-refractivity contribution in [3.63, 3.8) is 0 Å². The normalized spacial score (nSPS) is 10.3. The van der Waals surface area contributed by atoms with Crippen molar-refractivity contribution in [1.82, 2.24) is 9.97 Å². The summed E-state index contributed by atoms with van der Waals surface area (Å²) in [5, 5.41) is 0. The number of aromatic nitrogens is 2. The summed E-state index contributed by atoms with van der Waals surface area (Å²) in [7, 11) is 4.04. The Morgan fingerprint density at radius 1 is 1.28 bits per heavy atom. The number of nitrogens with zero attached hydrogens (tertiary/aromatic N) is 2. The van der Waals surface area contributed by atoms with E-state index in [1.807, 2.05) is 14.1 Å². The van der Waals surface area contributed by atoms with Crippen molar-refractivity contribution in [2.24, 2.45) is 0 Å². The van der Waals surface area contributed by atoms with Crippen LogP contribution in [0, 0.1) is 4.77 Å². The lowest BCUT2D eigenvalue weighted by molar-refractivity contribution is 1.06. The molecule has 3 N–H and O–H groups in total. The van der Waals surface area contributed by atoms with Crippen LogP contribution in [0.5, 0.6) is 0 Å². The third-order valence-corrected chi connectivity index (χ3v) is 2.98. The summed E-state index contributed by atoms with van der Waals surface area (Å²) >= 11 is 4.92. The lowest BCUT2D eigenvalue weighted by Gasteiger charge is -2.12. The second-order valence-corrected chi connectivity index (χ2v) is 4.75. The Kier molecular flexibility index (Phi) is 3.62. The van der Waals surface area contributed by atoms with Gasteiger partial charge in [-0.1, -0.05) is 12.1 Å². The van der Waals surface area contributed by atoms with Crippen molar-refractivity contribution in [2.75, 3.05) is 24.7 Å². The molecule has 0 aliphatic heterocycles. The fraction of sp³-hybridized carbons (Fsp3) is 0.231. The van der Waals surface area contributed by atoms with Crippen LogP contribution in [-0.2, 0) is 6.42 Å². The third kappa shape index (κ3) is 2.87. The Balaban J connectivity index is 2.21. The molecule has 0 unspecified atom stereocenters. The number of nitrogens with two attached hydrogens (primary N) is 1. The molecule has 0 saturated carbocycles. The number of benzene rings is 1. The highest BCUT2D eigenvalue weighted by Crippen LogP contribution is 2.17. The van der Waals surface area contributed by atoms with Crippen molar-refractivity contribution < 1.29 is 0 Å². The van der Waals surface area contributed by atoms with Crippen LogP contribution in [0.2, 0.25) is 0 Å². The zero-order valence-electron chi connectivity index (χ0n) is 10.5. The van der Waals surface area contributed by atoms with E-state index in [1.54, 1.807) is 6.20 Å². The van der Waals surface area contributed by atoms with Crippen molar-refractivity contribution in [1.29, 1.82) is 0 Å². The van der Waals surface area contributed by atoms with Crippen molar-refractivity contribution >= 4 is 23.7 Å². The average Bonchev–Trinajstić information content (AvgIpc) is 2.33. The van der Waals surface area contributed by atoms with Crippen LogP contribution in [0.25, 0.3) is 0 Å². The van der Waals surface area contributed by atoms with Gasteiger partial charge in [-0.3, -0.25) is 0 Å². The first kappa shape index (κ1) is 12.6. The predicted octanol–water partition coefficient (Wildman–Crippen LogP) is 2.38. The molecule has 0 aliphatic carbocycles. The number of rotatable bonds is 3. The van der Waals surface area contributed by atoms with Crippen LogP contribution in [-0.4, -0.2) is 24.1 Å². The number of nitrogen functional groups attached to an aromatic ring is 1. The molecule has 2 rings (SSSR count). The maximum atomic E-state index is 5.88. The van der Waals surface area contributed by atoms with Gasteiger partial charge in [-0.2, -0.15) is 0 Å². The maximum absolute atomic E-state index is 5.88. The molecule has 0 aliphatic rings. The molecule has 94 valence electrons. The quantitative estimate of drug-likeness (QED) is 0.832. The number of nitrogens with one attached hydrogen (secondary N) is 1. The van der Waals surface area contributed by atoms with Crippen molar-refractivity contribution in [3.05, 3.63) is 46.4 Å². The number of hydrogen-bond acceptors (Lipinski definition) is 4. The lowest BCUT2D eigenvalue weighted by Crippen LogP contribution is -2.08. The van der Waals surface area contributed by atoms with E-state index in [4.69, 9.17) is 18.0 Å². The summed E-state index contributed by atoms with van der Waals surface area (Å²) in [6, 6.07) is 8.36. The maximum Gasteiger partial charge on any atom is 0.198 e. The van der Waals surface area contributed by atoms with Crippen LogP contribution in [0.1, 0.15) is 11.1 Å². The molecule has 0 radical (unpaired) electrons. The number of hydrogen-bond donors (Lipinski definition) is 2. The van der Waals surface area contributed by atoms with E-state index < -0.39 is 0 Å². The standard InChI is InChI=1S/C13H16N4S/c1-17(2)11-5-3-9(4-6-11)7-10-8-15-13(18)16-12(10)14/h3-6,8H,7H2,1-2H3,(H3,14,15,16,18). The fourth-order valence-electron chi connectivity index (χ4n) is 1.71. The van der Waals surface area contributed by atoms with Gasteiger partial charge in [-0.05, 0) is 29.9 Å². The summed E-state index contributed by atoms with van der Waals surface area (Å²) in [6.07, 6.45) is 2.48. The lowest BCUT2D eigenvalue weighted by atomic mass is 10.1. The number of aromatic amines is 1. The van der Waals surface area contributed by atoms with Crippen LogP contribution in [0.4, 0.5) is 11.5 Å². The van der Waals surface area contributed by atoms with Gasteiger partial charge in [0, 0.05) is 38.0 Å². The molecular weight excluding hydrogens is 244 g/mol. The molecule has 0 spiro atoms. The average molecular weight is 260 g/mol. The van der Waals surface area contributed by atoms with E-state index in [-0.39, 0.29) is 0 Å². The first-order valence-electron chi connectivity index (χ1n) is 5.66. The fourth-order valence-corrected chi connectivity index (χ4v) is 1.87. The van der Waals surface area contributed by atoms with Gasteiger partial charge in [0.05, 0.1) is 0 Å². The smallest absolute Gasteiger partial charge is 0.198 e. The Labute approximate surface area is 111 Å². The molecule has 0 saturated heterocycles. The molecule has 0 bridgehead atoms. The Bertz CT molecular complexity index is 587. The topological polar surface area (TPSA) is 57.9 Å². The predicted molar refractivity (Wildman–Crippen MR) is 77.4 cm³/mol. The highest BCUT2D eigenvalue weighted by atomic mass is 32.1. The Morgan fingerprint density at radius 3 is 2.50 bits per heavy atom. The third-order valence-electron chi connectivity index (χ3n) is 2.77. The van der Waals surface area contributed by atoms with Crippen LogP contribution in [0.3, 0.4) is 0 Å². The molecular formula is C13H16N4S. The molecule has 18 heavy (non-hydrogen) atoms. The summed E-state index contributed by atoms with van der Waals surface area (Å²) in [6.45, 7) is 0. The monoisotopic (exact) mass is 260 g/mol. The summed E-state index contributed by atoms with van der Waals surface area (Å²) in [4.78, 5) is 8.98. The van der Waals surface area contributed by atoms with Crippen molar-refractivity contribution in [2.45, 2.75) is 6.42 Å². The van der Waals surface area contributed by atoms with Gasteiger partial charge in [0.25, 0.3) is 0 Å². The molecule has 0 amide bonds. The molecule has 1 heterocycles. The Hall–Kier alpha value is -1.88. The zero-order valence-corrected chi connectivity index (χ0v) is 11.3. The SMILES string of the molecule is CN(C)c1ccc(Cc2cnc(=S)[nH]c2N)cc1. The first-order chi connectivity index (χ1) is 8.56. The summed E-state index contributed by atoms with van der Waals surface area (Å²) in [5.74, 6) is 0.590. The minimum Gasteiger partial charge on any atom is -0.385 e. The Morgan fingerprint density at radius 2 is 1.94 bits per heavy atom. The second kappa shape index (κ2) is 5.18. The molecule has 5 heteroatoms. The molecule has 1 aromatic heterocycles. The first-order valence-corrected chi connectivity index (χ1v) is 6.07. The highest BCUT2D eigenvalue weighted by molar-refractivity contribution is 7.71. The number of H-pyrrole nitrogens is 1. The van der Waals surface area contributed by atoms with E-state index in [0.717, 1.165) is 12.0 Å². The van der Waals surface area contributed by atoms with Gasteiger partial charge in [0.15, 0.2) is 4.77 Å². The van der Waals surface area contributed by atoms with Crippen LogP contribution in [0.15, 0.2) is 30.5 Å². The van der Waals surface area contributed by atoms with Crippen molar-refractivity contribution in [3.8, 4) is 0 Å². The minimum atomic E-state index is 0.416. The summed E-state index contributed by atoms with van der Waals surface area (Å²) < 4.78 is 0.416. The second-order valence-electron chi connectivity index (χ2n) is 4.36. The van der Waals surface area contributed by atoms with E-state index in [1.165, 1.54) is 11.3 Å². The molecule has 0 atom stereocenters. The molecule has 0 fully saturated rings. The van der Waals surface area contributed by atoms with Crippen LogP contribution < -0.4 is 10.6 Å². The number of anilines is 2. The minimum absolute atomic E-state index is 0.416. The zero-order chi connectivity index (χ0) is 13.1. The molecule has 4 nitrogen and oxygen atoms in total. The summed E-state index contributed by atoms with van der Waals surface area (Å²) in [5.41, 5.74) is 9.21. The van der Waals surface area contributed by atoms with Gasteiger partial charge in [0.1, 0.15) is 5.82 Å². The van der Waals surface area contributed by atoms with E-state index in [2.05, 4.69) is 39.1 Å². The van der Waals surface area contributed by atoms with E-state index in [0.29, 0.717) is 10.6 Å². The van der Waals surface area contributed by atoms with Gasteiger partial charge in [-0.25, -0.2) is 4.98 Å². The van der Waals surface area contributed by atoms with Gasteiger partial charge >= 0.3 is 0 Å². The van der Waals surface area contributed by atoms with Gasteiger partial charge < -0.3 is 15.6 Å². The van der Waals surface area contributed by atoms with E-state index >= 15 is 0 Å². The highest BCUT2D eigenvalue weighted by Gasteiger charge is 2.02. The van der Waals surface area contributed by atoms with Crippen LogP contribution >= 0.6 is 12.2 Å². The van der Waals surface area contributed by atoms with Gasteiger partial charge in [-0.15, -0.1) is 0 Å². The molecule has 2 aromatic rings. The largest absolute Gasteiger partial charge is 0.385 e. The van der Waals surface area contributed by atoms with E-state index in [9.17, 15) is 0 Å².